The Balaban J connectivity index is 1.21. The average Bonchev–Trinajstić information content (AvgIpc) is 3.44. The first kappa shape index (κ1) is 21.9. The lowest BCUT2D eigenvalue weighted by atomic mass is 10.0. The Morgan fingerprint density at radius 2 is 1.88 bits per heavy atom. The van der Waals surface area contributed by atoms with Gasteiger partial charge in [0.25, 0.3) is 5.91 Å². The van der Waals surface area contributed by atoms with E-state index >= 15 is 0 Å². The van der Waals surface area contributed by atoms with Crippen LogP contribution in [-0.2, 0) is 19.5 Å². The van der Waals surface area contributed by atoms with Gasteiger partial charge in [-0.15, -0.1) is 0 Å². The molecule has 1 aliphatic heterocycles. The molecular weight excluding hydrogens is 452 g/mol. The molecule has 8 nitrogen and oxygen atoms in total. The van der Waals surface area contributed by atoms with Gasteiger partial charge in [0.05, 0.1) is 23.3 Å². The standard InChI is InChI=1S/C25H23ClN6O2/c26-20-5-6-22-21(11-20)23(31-30-22)14-29-24(33)19-10-18(12-27-13-19)9-16-1-3-17(4-2-16)15-32-8-7-28-25(32)34/h1-6,10-13H,7-9,14-15H2,(H,28,34)(H,29,33)(H,30,31). The molecule has 4 aromatic rings. The van der Waals surface area contributed by atoms with E-state index in [-0.39, 0.29) is 18.5 Å². The molecule has 34 heavy (non-hydrogen) atoms. The molecule has 172 valence electrons. The number of carbonyl (C=O) groups excluding carboxylic acids is 2. The Bertz CT molecular complexity index is 1350. The number of nitrogens with zero attached hydrogens (tertiary/aromatic N) is 3. The number of aromatic nitrogens is 3. The van der Waals surface area contributed by atoms with Gasteiger partial charge < -0.3 is 15.5 Å². The topological polar surface area (TPSA) is 103 Å². The minimum absolute atomic E-state index is 0.0190. The number of amides is 3. The molecule has 5 rings (SSSR count). The lowest BCUT2D eigenvalue weighted by Gasteiger charge is -2.14. The van der Waals surface area contributed by atoms with Crippen molar-refractivity contribution in [2.75, 3.05) is 13.1 Å². The average molecular weight is 475 g/mol. The largest absolute Gasteiger partial charge is 0.346 e. The van der Waals surface area contributed by atoms with Gasteiger partial charge in [0.15, 0.2) is 0 Å². The highest BCUT2D eigenvalue weighted by molar-refractivity contribution is 6.31. The Morgan fingerprint density at radius 3 is 2.68 bits per heavy atom. The van der Waals surface area contributed by atoms with Crippen LogP contribution in [-0.4, -0.2) is 45.1 Å². The molecule has 1 fully saturated rings. The highest BCUT2D eigenvalue weighted by atomic mass is 35.5. The number of halogens is 1. The van der Waals surface area contributed by atoms with Crippen molar-refractivity contribution in [2.24, 2.45) is 0 Å². The monoisotopic (exact) mass is 474 g/mol. The van der Waals surface area contributed by atoms with Crippen molar-refractivity contribution in [3.8, 4) is 0 Å². The molecule has 0 atom stereocenters. The third-order valence-corrected chi connectivity index (χ3v) is 6.06. The summed E-state index contributed by atoms with van der Waals surface area (Å²) in [6.07, 6.45) is 3.98. The van der Waals surface area contributed by atoms with Crippen LogP contribution in [0.1, 0.15) is 32.7 Å². The van der Waals surface area contributed by atoms with Crippen LogP contribution < -0.4 is 10.6 Å². The first-order valence-electron chi connectivity index (χ1n) is 11.0. The molecule has 0 radical (unpaired) electrons. The van der Waals surface area contributed by atoms with Crippen molar-refractivity contribution in [3.63, 3.8) is 0 Å². The highest BCUT2D eigenvalue weighted by Gasteiger charge is 2.19. The third-order valence-electron chi connectivity index (χ3n) is 5.83. The van der Waals surface area contributed by atoms with E-state index in [2.05, 4.69) is 25.8 Å². The van der Waals surface area contributed by atoms with E-state index in [1.54, 1.807) is 23.4 Å². The number of fused-ring (bicyclic) bond motifs is 1. The number of pyridine rings is 1. The zero-order chi connectivity index (χ0) is 23.5. The molecular formula is C25H23ClN6O2. The van der Waals surface area contributed by atoms with Gasteiger partial charge in [0.2, 0.25) is 0 Å². The van der Waals surface area contributed by atoms with Crippen molar-refractivity contribution in [1.29, 1.82) is 0 Å². The van der Waals surface area contributed by atoms with E-state index < -0.39 is 0 Å². The SMILES string of the molecule is O=C(NCc1n[nH]c2ccc(Cl)cc12)c1cncc(Cc2ccc(CN3CCNC3=O)cc2)c1. The van der Waals surface area contributed by atoms with Gasteiger partial charge in [0.1, 0.15) is 0 Å². The van der Waals surface area contributed by atoms with Gasteiger partial charge >= 0.3 is 6.03 Å². The minimum atomic E-state index is -0.216. The van der Waals surface area contributed by atoms with E-state index in [0.29, 0.717) is 30.1 Å². The first-order chi connectivity index (χ1) is 16.5. The number of aromatic amines is 1. The zero-order valence-electron chi connectivity index (χ0n) is 18.3. The van der Waals surface area contributed by atoms with Crippen molar-refractivity contribution in [1.82, 2.24) is 30.7 Å². The van der Waals surface area contributed by atoms with Gasteiger partial charge in [-0.05, 0) is 47.4 Å². The number of hydrogen-bond donors (Lipinski definition) is 3. The maximum absolute atomic E-state index is 12.7. The number of urea groups is 1. The molecule has 0 bridgehead atoms. The quantitative estimate of drug-likeness (QED) is 0.380. The Labute approximate surface area is 201 Å². The Hall–Kier alpha value is -3.91. The van der Waals surface area contributed by atoms with Gasteiger partial charge in [0, 0.05) is 42.4 Å². The fourth-order valence-electron chi connectivity index (χ4n) is 4.03. The summed E-state index contributed by atoms with van der Waals surface area (Å²) >= 11 is 6.09. The molecule has 0 saturated carbocycles. The highest BCUT2D eigenvalue weighted by Crippen LogP contribution is 2.20. The van der Waals surface area contributed by atoms with Gasteiger partial charge in [-0.3, -0.25) is 14.9 Å². The van der Waals surface area contributed by atoms with Crippen LogP contribution in [0.5, 0.6) is 0 Å². The third kappa shape index (κ3) is 4.87. The lowest BCUT2D eigenvalue weighted by Crippen LogP contribution is -2.27. The minimum Gasteiger partial charge on any atom is -0.346 e. The van der Waals surface area contributed by atoms with Crippen LogP contribution >= 0.6 is 11.6 Å². The number of rotatable bonds is 7. The second-order valence-electron chi connectivity index (χ2n) is 8.27. The second-order valence-corrected chi connectivity index (χ2v) is 8.71. The van der Waals surface area contributed by atoms with Crippen LogP contribution in [0.2, 0.25) is 5.02 Å². The predicted octanol–water partition coefficient (Wildman–Crippen LogP) is 3.66. The second kappa shape index (κ2) is 9.52. The predicted molar refractivity (Wildman–Crippen MR) is 130 cm³/mol. The summed E-state index contributed by atoms with van der Waals surface area (Å²) in [6, 6.07) is 15.5. The van der Waals surface area contributed by atoms with Crippen molar-refractivity contribution < 1.29 is 9.59 Å². The maximum atomic E-state index is 12.7. The molecule has 9 heteroatoms. The number of benzene rings is 2. The van der Waals surface area contributed by atoms with E-state index in [1.807, 2.05) is 42.5 Å². The van der Waals surface area contributed by atoms with Crippen LogP contribution in [0.15, 0.2) is 60.9 Å². The van der Waals surface area contributed by atoms with Crippen LogP contribution in [0.4, 0.5) is 4.79 Å². The molecule has 1 aliphatic rings. The number of nitrogens with one attached hydrogen (secondary N) is 3. The Kier molecular flexibility index (Phi) is 6.14. The van der Waals surface area contributed by atoms with E-state index in [9.17, 15) is 9.59 Å². The van der Waals surface area contributed by atoms with Gasteiger partial charge in [-0.25, -0.2) is 4.79 Å². The molecule has 1 saturated heterocycles. The Morgan fingerprint density at radius 1 is 1.06 bits per heavy atom. The number of carbonyl (C=O) groups is 2. The molecule has 2 aromatic carbocycles. The maximum Gasteiger partial charge on any atom is 0.317 e. The summed E-state index contributed by atoms with van der Waals surface area (Å²) in [5, 5.41) is 14.4. The summed E-state index contributed by atoms with van der Waals surface area (Å²) in [6.45, 7) is 2.30. The summed E-state index contributed by atoms with van der Waals surface area (Å²) in [7, 11) is 0. The first-order valence-corrected chi connectivity index (χ1v) is 11.4. The zero-order valence-corrected chi connectivity index (χ0v) is 19.1. The molecule has 0 spiro atoms. The molecule has 3 amide bonds. The van der Waals surface area contributed by atoms with Crippen molar-refractivity contribution in [3.05, 3.63) is 93.9 Å². The number of H-pyrrole nitrogens is 1. The van der Waals surface area contributed by atoms with Crippen LogP contribution in [0.3, 0.4) is 0 Å². The fraction of sp³-hybridized carbons (Fsp3) is 0.200. The van der Waals surface area contributed by atoms with Crippen molar-refractivity contribution in [2.45, 2.75) is 19.5 Å². The van der Waals surface area contributed by atoms with Crippen LogP contribution in [0.25, 0.3) is 10.9 Å². The van der Waals surface area contributed by atoms with E-state index in [4.69, 9.17) is 11.6 Å². The van der Waals surface area contributed by atoms with Crippen molar-refractivity contribution >= 4 is 34.4 Å². The molecule has 0 aliphatic carbocycles. The lowest BCUT2D eigenvalue weighted by molar-refractivity contribution is 0.0950. The van der Waals surface area contributed by atoms with Gasteiger partial charge in [-0.2, -0.15) is 5.10 Å². The molecule has 3 heterocycles. The number of hydrogen-bond acceptors (Lipinski definition) is 4. The summed E-state index contributed by atoms with van der Waals surface area (Å²) in [5.74, 6) is -0.216. The summed E-state index contributed by atoms with van der Waals surface area (Å²) < 4.78 is 0. The summed E-state index contributed by atoms with van der Waals surface area (Å²) in [5.41, 5.74) is 5.21. The molecule has 3 N–H and O–H groups in total. The fourth-order valence-corrected chi connectivity index (χ4v) is 4.20. The smallest absolute Gasteiger partial charge is 0.317 e. The van der Waals surface area contributed by atoms with E-state index in [0.717, 1.165) is 39.8 Å². The van der Waals surface area contributed by atoms with E-state index in [1.165, 1.54) is 0 Å². The molecule has 0 unspecified atom stereocenters. The van der Waals surface area contributed by atoms with Crippen LogP contribution in [0, 0.1) is 0 Å². The summed E-state index contributed by atoms with van der Waals surface area (Å²) in [4.78, 5) is 30.5. The molecule has 2 aromatic heterocycles. The van der Waals surface area contributed by atoms with Gasteiger partial charge in [-0.1, -0.05) is 35.9 Å². The normalized spacial score (nSPS) is 13.3.